The maximum Gasteiger partial charge on any atom is 1.00 e. The molecule has 0 atom stereocenters. The second-order valence-electron chi connectivity index (χ2n) is 8.33. The van der Waals surface area contributed by atoms with E-state index in [9.17, 15) is 9.59 Å². The summed E-state index contributed by atoms with van der Waals surface area (Å²) < 4.78 is 22.8. The molecule has 0 N–H and O–H groups in total. The van der Waals surface area contributed by atoms with Gasteiger partial charge in [0.25, 0.3) is 0 Å². The molecule has 0 aliphatic rings. The fourth-order valence-electron chi connectivity index (χ4n) is 3.93. The summed E-state index contributed by atoms with van der Waals surface area (Å²) in [5, 5.41) is 0. The zero-order valence-electron chi connectivity index (χ0n) is 21.7. The minimum Gasteiger partial charge on any atom is -0.491 e. The van der Waals surface area contributed by atoms with Gasteiger partial charge in [-0.05, 0) is 78.4 Å². The molecular formula is C28H29N2NaO6. The van der Waals surface area contributed by atoms with Gasteiger partial charge in [-0.15, -0.1) is 0 Å². The number of nitrogens with zero attached hydrogens (tertiary/aromatic N) is 2. The van der Waals surface area contributed by atoms with Gasteiger partial charge in [0.2, 0.25) is 0 Å². The molecule has 0 saturated heterocycles. The average molecular weight is 513 g/mol. The van der Waals surface area contributed by atoms with Crippen LogP contribution in [-0.4, -0.2) is 24.6 Å². The third-order valence-corrected chi connectivity index (χ3v) is 5.87. The Bertz CT molecular complexity index is 1420. The molecule has 37 heavy (non-hydrogen) atoms. The van der Waals surface area contributed by atoms with Crippen LogP contribution in [0.15, 0.2) is 74.8 Å². The number of hydrogen-bond donors (Lipinski definition) is 0. The van der Waals surface area contributed by atoms with Crippen LogP contribution in [0, 0.1) is 13.8 Å². The quantitative estimate of drug-likeness (QED) is 0.219. The molecule has 0 spiro atoms. The monoisotopic (exact) mass is 512 g/mol. The fraction of sp³-hybridized carbons (Fsp3) is 0.286. The van der Waals surface area contributed by atoms with E-state index in [1.54, 1.807) is 0 Å². The summed E-state index contributed by atoms with van der Waals surface area (Å²) in [4.78, 5) is 25.8. The van der Waals surface area contributed by atoms with Gasteiger partial charge in [0.05, 0.1) is 6.61 Å². The molecule has 188 valence electrons. The Morgan fingerprint density at radius 1 is 0.892 bits per heavy atom. The Morgan fingerprint density at radius 2 is 1.65 bits per heavy atom. The molecule has 0 bridgehead atoms. The Hall–Kier alpha value is -3.04. The van der Waals surface area contributed by atoms with Crippen molar-refractivity contribution in [1.29, 1.82) is 0 Å². The van der Waals surface area contributed by atoms with Gasteiger partial charge in [-0.3, -0.25) is 9.53 Å². The molecule has 1 aromatic heterocycles. The van der Waals surface area contributed by atoms with Gasteiger partial charge in [-0.1, -0.05) is 36.4 Å². The van der Waals surface area contributed by atoms with Gasteiger partial charge in [0, 0.05) is 13.2 Å². The SMILES string of the molecule is CCOCCOc1ccc(-c2cccc(COc3ccc(Cn4oc(=O)[n-]c4=O)cc3)c2C)c(C)c1.[Na+]. The molecule has 0 unspecified atom stereocenters. The zero-order chi connectivity index (χ0) is 25.5. The van der Waals surface area contributed by atoms with Gasteiger partial charge in [0.1, 0.15) is 24.7 Å². The van der Waals surface area contributed by atoms with Gasteiger partial charge in [-0.2, -0.15) is 0 Å². The van der Waals surface area contributed by atoms with Crippen LogP contribution in [0.25, 0.3) is 11.1 Å². The maximum atomic E-state index is 11.6. The van der Waals surface area contributed by atoms with Gasteiger partial charge >= 0.3 is 35.3 Å². The molecular weight excluding hydrogens is 483 g/mol. The van der Waals surface area contributed by atoms with Crippen molar-refractivity contribution in [2.75, 3.05) is 19.8 Å². The summed E-state index contributed by atoms with van der Waals surface area (Å²) >= 11 is 0. The number of hydrogen-bond acceptors (Lipinski definition) is 6. The summed E-state index contributed by atoms with van der Waals surface area (Å²) in [6.07, 6.45) is 0. The molecule has 4 aromatic rings. The van der Waals surface area contributed by atoms with Crippen LogP contribution in [0.3, 0.4) is 0 Å². The van der Waals surface area contributed by atoms with Crippen molar-refractivity contribution in [1.82, 2.24) is 9.72 Å². The van der Waals surface area contributed by atoms with Crippen LogP contribution in [0.1, 0.15) is 29.2 Å². The van der Waals surface area contributed by atoms with E-state index < -0.39 is 11.4 Å². The predicted octanol–water partition coefficient (Wildman–Crippen LogP) is 1.09. The van der Waals surface area contributed by atoms with Crippen LogP contribution >= 0.6 is 0 Å². The van der Waals surface area contributed by atoms with E-state index in [-0.39, 0.29) is 36.1 Å². The first-order valence-corrected chi connectivity index (χ1v) is 11.8. The molecule has 0 aliphatic carbocycles. The van der Waals surface area contributed by atoms with Crippen molar-refractivity contribution in [2.45, 2.75) is 33.9 Å². The number of aromatic nitrogens is 2. The van der Waals surface area contributed by atoms with Crippen molar-refractivity contribution in [2.24, 2.45) is 0 Å². The van der Waals surface area contributed by atoms with E-state index in [0.29, 0.717) is 32.2 Å². The van der Waals surface area contributed by atoms with Crippen LogP contribution in [0.4, 0.5) is 0 Å². The molecule has 4 rings (SSSR count). The third kappa shape index (κ3) is 7.49. The summed E-state index contributed by atoms with van der Waals surface area (Å²) in [7, 11) is 0. The van der Waals surface area contributed by atoms with Gasteiger partial charge < -0.3 is 23.7 Å². The summed E-state index contributed by atoms with van der Waals surface area (Å²) in [5.74, 6) is 0.635. The third-order valence-electron chi connectivity index (χ3n) is 5.87. The molecule has 0 fully saturated rings. The van der Waals surface area contributed by atoms with E-state index in [1.807, 2.05) is 43.3 Å². The summed E-state index contributed by atoms with van der Waals surface area (Å²) in [6, 6.07) is 19.6. The molecule has 8 nitrogen and oxygen atoms in total. The topological polar surface area (TPSA) is 94.0 Å². The first-order chi connectivity index (χ1) is 17.4. The minimum absolute atomic E-state index is 0. The normalized spacial score (nSPS) is 10.7. The van der Waals surface area contributed by atoms with E-state index in [1.165, 1.54) is 0 Å². The van der Waals surface area contributed by atoms with Crippen molar-refractivity contribution in [3.63, 3.8) is 0 Å². The molecule has 3 aromatic carbocycles. The van der Waals surface area contributed by atoms with E-state index in [4.69, 9.17) is 18.7 Å². The molecule has 0 saturated carbocycles. The molecule has 0 radical (unpaired) electrons. The predicted molar refractivity (Wildman–Crippen MR) is 136 cm³/mol. The maximum absolute atomic E-state index is 11.6. The minimum atomic E-state index is -0.894. The Morgan fingerprint density at radius 3 is 2.32 bits per heavy atom. The largest absolute Gasteiger partial charge is 1.00 e. The van der Waals surface area contributed by atoms with Crippen molar-refractivity contribution in [3.8, 4) is 22.6 Å². The Kier molecular flexibility index (Phi) is 10.4. The van der Waals surface area contributed by atoms with Gasteiger partial charge in [0.15, 0.2) is 5.69 Å². The molecule has 0 amide bonds. The first kappa shape index (κ1) is 28.5. The summed E-state index contributed by atoms with van der Waals surface area (Å²) in [5.41, 5.74) is 5.77. The van der Waals surface area contributed by atoms with E-state index >= 15 is 0 Å². The summed E-state index contributed by atoms with van der Waals surface area (Å²) in [6.45, 7) is 8.48. The van der Waals surface area contributed by atoms with Crippen molar-refractivity contribution >= 4 is 0 Å². The smallest absolute Gasteiger partial charge is 0.491 e. The second kappa shape index (κ2) is 13.5. The fourth-order valence-corrected chi connectivity index (χ4v) is 3.93. The standard InChI is InChI=1S/C28H30N2O6.Na/c1-4-33-14-15-34-24-12-13-25(19(2)16-24)26-7-5-6-22(20(26)3)18-35-23-10-8-21(9-11-23)17-30-27(31)29-28(32)36-30;/h5-13,16H,4,14-15,17-18H2,1-3H3,(H,29,31,32);/q;+1/p-1. The first-order valence-electron chi connectivity index (χ1n) is 11.8. The average Bonchev–Trinajstić information content (AvgIpc) is 3.18. The molecule has 1 heterocycles. The van der Waals surface area contributed by atoms with Gasteiger partial charge in [-0.25, -0.2) is 4.79 Å². The number of ether oxygens (including phenoxy) is 3. The molecule has 9 heteroatoms. The molecule has 0 aliphatic heterocycles. The number of rotatable bonds is 11. The van der Waals surface area contributed by atoms with E-state index in [2.05, 4.69) is 43.1 Å². The zero-order valence-corrected chi connectivity index (χ0v) is 23.7. The Balaban J connectivity index is 0.00000380. The van der Waals surface area contributed by atoms with Crippen LogP contribution in [0.5, 0.6) is 11.5 Å². The second-order valence-corrected chi connectivity index (χ2v) is 8.33. The van der Waals surface area contributed by atoms with Crippen molar-refractivity contribution < 1.29 is 48.3 Å². The van der Waals surface area contributed by atoms with Crippen LogP contribution in [0.2, 0.25) is 0 Å². The van der Waals surface area contributed by atoms with Crippen LogP contribution < -0.4 is 55.5 Å². The number of benzene rings is 3. The van der Waals surface area contributed by atoms with Crippen molar-refractivity contribution in [3.05, 3.63) is 104 Å². The van der Waals surface area contributed by atoms with E-state index in [0.717, 1.165) is 43.9 Å². The van der Waals surface area contributed by atoms with Crippen LogP contribution in [-0.2, 0) is 17.9 Å². The Labute approximate surface area is 237 Å². The number of aryl methyl sites for hydroxylation is 1.